The number of rotatable bonds is 3. The number of benzene rings is 1. The van der Waals surface area contributed by atoms with Crippen molar-refractivity contribution in [3.63, 3.8) is 0 Å². The zero-order chi connectivity index (χ0) is 13.6. The van der Waals surface area contributed by atoms with Gasteiger partial charge < -0.3 is 5.32 Å². The maximum absolute atomic E-state index is 12.0. The summed E-state index contributed by atoms with van der Waals surface area (Å²) in [6.07, 6.45) is 0.350. The number of halogens is 1. The minimum absolute atomic E-state index is 0.0479. The van der Waals surface area contributed by atoms with Gasteiger partial charge in [0.2, 0.25) is 5.91 Å². The van der Waals surface area contributed by atoms with E-state index in [9.17, 15) is 4.79 Å². The maximum Gasteiger partial charge on any atom is 0.224 e. The fourth-order valence-electron chi connectivity index (χ4n) is 2.58. The number of carbonyl (C=O) groups is 1. The Morgan fingerprint density at radius 2 is 1.78 bits per heavy atom. The van der Waals surface area contributed by atoms with Crippen molar-refractivity contribution < 1.29 is 4.79 Å². The molecule has 0 aliphatic heterocycles. The molecule has 1 N–H and O–H groups in total. The van der Waals surface area contributed by atoms with E-state index in [1.165, 1.54) is 0 Å². The molecule has 0 heterocycles. The second-order valence-electron chi connectivity index (χ2n) is 6.21. The summed E-state index contributed by atoms with van der Waals surface area (Å²) in [6, 6.07) is 7.73. The molecule has 2 rings (SSSR count). The molecule has 2 nitrogen and oxygen atoms in total. The van der Waals surface area contributed by atoms with Crippen LogP contribution < -0.4 is 5.32 Å². The second kappa shape index (κ2) is 4.27. The van der Waals surface area contributed by atoms with Gasteiger partial charge in [0.05, 0.1) is 6.42 Å². The van der Waals surface area contributed by atoms with Gasteiger partial charge in [-0.15, -0.1) is 0 Å². The third kappa shape index (κ3) is 2.14. The van der Waals surface area contributed by atoms with E-state index < -0.39 is 0 Å². The molecule has 1 aromatic carbocycles. The topological polar surface area (TPSA) is 29.1 Å². The van der Waals surface area contributed by atoms with Gasteiger partial charge in [-0.2, -0.15) is 0 Å². The Balaban J connectivity index is 1.98. The van der Waals surface area contributed by atoms with Crippen molar-refractivity contribution in [1.29, 1.82) is 0 Å². The first-order valence-electron chi connectivity index (χ1n) is 6.29. The van der Waals surface area contributed by atoms with Gasteiger partial charge in [0.1, 0.15) is 0 Å². The third-order valence-electron chi connectivity index (χ3n) is 4.63. The Morgan fingerprint density at radius 1 is 1.22 bits per heavy atom. The molecule has 3 heteroatoms. The van der Waals surface area contributed by atoms with Crippen LogP contribution in [0.1, 0.15) is 33.3 Å². The van der Waals surface area contributed by atoms with Crippen molar-refractivity contribution in [2.75, 3.05) is 0 Å². The Kier molecular flexibility index (Phi) is 3.18. The first-order valence-corrected chi connectivity index (χ1v) is 6.67. The Hall–Kier alpha value is -1.02. The highest BCUT2D eigenvalue weighted by atomic mass is 35.5. The number of hydrogen-bond acceptors (Lipinski definition) is 1. The summed E-state index contributed by atoms with van der Waals surface area (Å²) in [5.41, 5.74) is 1.22. The van der Waals surface area contributed by atoms with Crippen LogP contribution in [-0.4, -0.2) is 11.9 Å². The summed E-state index contributed by atoms with van der Waals surface area (Å²) in [5, 5.41) is 3.77. The highest BCUT2D eigenvalue weighted by molar-refractivity contribution is 6.31. The number of nitrogens with one attached hydrogen (secondary N) is 1. The molecule has 1 saturated carbocycles. The van der Waals surface area contributed by atoms with Crippen molar-refractivity contribution >= 4 is 17.5 Å². The summed E-state index contributed by atoms with van der Waals surface area (Å²) < 4.78 is 0. The molecule has 1 amide bonds. The minimum Gasteiger partial charge on any atom is -0.352 e. The summed E-state index contributed by atoms with van der Waals surface area (Å²) in [4.78, 5) is 12.0. The summed E-state index contributed by atoms with van der Waals surface area (Å²) >= 11 is 6.05. The molecule has 0 atom stereocenters. The molecule has 1 aliphatic rings. The fraction of sp³-hybridized carbons (Fsp3) is 0.533. The summed E-state index contributed by atoms with van der Waals surface area (Å²) in [7, 11) is 0. The van der Waals surface area contributed by atoms with Crippen molar-refractivity contribution in [3.8, 4) is 0 Å². The van der Waals surface area contributed by atoms with Crippen LogP contribution in [0, 0.1) is 10.8 Å². The quantitative estimate of drug-likeness (QED) is 0.891. The second-order valence-corrected chi connectivity index (χ2v) is 6.62. The lowest BCUT2D eigenvalue weighted by Crippen LogP contribution is -2.31. The number of hydrogen-bond donors (Lipinski definition) is 1. The van der Waals surface area contributed by atoms with E-state index in [4.69, 9.17) is 11.6 Å². The molecule has 0 spiro atoms. The van der Waals surface area contributed by atoms with Crippen LogP contribution in [0.2, 0.25) is 5.02 Å². The van der Waals surface area contributed by atoms with Gasteiger partial charge in [0, 0.05) is 11.1 Å². The smallest absolute Gasteiger partial charge is 0.224 e. The van der Waals surface area contributed by atoms with Crippen LogP contribution in [0.25, 0.3) is 0 Å². The number of carbonyl (C=O) groups excluding carboxylic acids is 1. The molecule has 0 saturated heterocycles. The molecular formula is C15H20ClNO. The number of amides is 1. The van der Waals surface area contributed by atoms with Crippen LogP contribution in [0.15, 0.2) is 24.3 Å². The standard InChI is InChI=1S/C15H20ClNO/c1-14(2)13(15(14,3)4)17-12(18)9-10-7-5-6-8-11(10)16/h5-8,13H,9H2,1-4H3,(H,17,18). The first-order chi connectivity index (χ1) is 8.26. The SMILES string of the molecule is CC1(C)C(NC(=O)Cc2ccccc2Cl)C1(C)C. The lowest BCUT2D eigenvalue weighted by atomic mass is 10.0. The molecule has 1 aliphatic carbocycles. The van der Waals surface area contributed by atoms with E-state index in [0.29, 0.717) is 11.4 Å². The van der Waals surface area contributed by atoms with Crippen molar-refractivity contribution in [2.45, 2.75) is 40.2 Å². The van der Waals surface area contributed by atoms with Crippen LogP contribution in [0.5, 0.6) is 0 Å². The zero-order valence-corrected chi connectivity index (χ0v) is 12.1. The molecule has 0 bridgehead atoms. The molecule has 0 aromatic heterocycles. The van der Waals surface area contributed by atoms with Gasteiger partial charge in [-0.1, -0.05) is 57.5 Å². The van der Waals surface area contributed by atoms with Crippen LogP contribution >= 0.6 is 11.6 Å². The largest absolute Gasteiger partial charge is 0.352 e. The van der Waals surface area contributed by atoms with Crippen molar-refractivity contribution in [3.05, 3.63) is 34.9 Å². The Bertz CT molecular complexity index is 465. The van der Waals surface area contributed by atoms with Crippen LogP contribution in [0.4, 0.5) is 0 Å². The van der Waals surface area contributed by atoms with E-state index in [0.717, 1.165) is 5.56 Å². The van der Waals surface area contributed by atoms with E-state index in [-0.39, 0.29) is 22.8 Å². The zero-order valence-electron chi connectivity index (χ0n) is 11.4. The summed E-state index contributed by atoms with van der Waals surface area (Å²) in [5.74, 6) is 0.0479. The molecule has 0 radical (unpaired) electrons. The van der Waals surface area contributed by atoms with Gasteiger partial charge in [-0.25, -0.2) is 0 Å². The van der Waals surface area contributed by atoms with E-state index in [2.05, 4.69) is 33.0 Å². The monoisotopic (exact) mass is 265 g/mol. The predicted molar refractivity (Wildman–Crippen MR) is 74.6 cm³/mol. The fourth-order valence-corrected chi connectivity index (χ4v) is 2.79. The van der Waals surface area contributed by atoms with Crippen molar-refractivity contribution in [2.24, 2.45) is 10.8 Å². The summed E-state index contributed by atoms with van der Waals surface area (Å²) in [6.45, 7) is 8.75. The highest BCUT2D eigenvalue weighted by Gasteiger charge is 2.65. The molecule has 0 unspecified atom stereocenters. The van der Waals surface area contributed by atoms with Gasteiger partial charge in [-0.3, -0.25) is 4.79 Å². The lowest BCUT2D eigenvalue weighted by Gasteiger charge is -2.08. The molecular weight excluding hydrogens is 246 g/mol. The van der Waals surface area contributed by atoms with Crippen LogP contribution in [0.3, 0.4) is 0 Å². The Labute approximate surface area is 114 Å². The molecule has 1 aromatic rings. The highest BCUT2D eigenvalue weighted by Crippen LogP contribution is 2.62. The average molecular weight is 266 g/mol. The normalized spacial score (nSPS) is 20.5. The van der Waals surface area contributed by atoms with Gasteiger partial charge in [0.25, 0.3) is 0 Å². The third-order valence-corrected chi connectivity index (χ3v) is 5.00. The maximum atomic E-state index is 12.0. The molecule has 98 valence electrons. The molecule has 18 heavy (non-hydrogen) atoms. The minimum atomic E-state index is 0.0479. The average Bonchev–Trinajstić information content (AvgIpc) is 2.64. The van der Waals surface area contributed by atoms with Crippen molar-refractivity contribution in [1.82, 2.24) is 5.32 Å². The Morgan fingerprint density at radius 3 is 2.28 bits per heavy atom. The van der Waals surface area contributed by atoms with Crippen LogP contribution in [-0.2, 0) is 11.2 Å². The lowest BCUT2D eigenvalue weighted by molar-refractivity contribution is -0.120. The van der Waals surface area contributed by atoms with Gasteiger partial charge >= 0.3 is 0 Å². The predicted octanol–water partition coefficient (Wildman–Crippen LogP) is 3.43. The van der Waals surface area contributed by atoms with Gasteiger partial charge in [-0.05, 0) is 22.5 Å². The van der Waals surface area contributed by atoms with E-state index in [1.807, 2.05) is 24.3 Å². The van der Waals surface area contributed by atoms with E-state index in [1.54, 1.807) is 0 Å². The molecule has 1 fully saturated rings. The van der Waals surface area contributed by atoms with E-state index >= 15 is 0 Å². The first kappa shape index (κ1) is 13.4. The van der Waals surface area contributed by atoms with Gasteiger partial charge in [0.15, 0.2) is 0 Å².